The fourth-order valence-corrected chi connectivity index (χ4v) is 1.63. The molecule has 4 nitrogen and oxygen atoms in total. The first kappa shape index (κ1) is 11.9. The molecular formula is C14H12N2O2. The van der Waals surface area contributed by atoms with Gasteiger partial charge in [-0.05, 0) is 11.5 Å². The number of amides is 1. The van der Waals surface area contributed by atoms with Crippen LogP contribution in [0.2, 0.25) is 0 Å². The Hall–Kier alpha value is -2.54. The minimum Gasteiger partial charge on any atom is -0.410 e. The van der Waals surface area contributed by atoms with Gasteiger partial charge in [0, 0.05) is 12.4 Å². The van der Waals surface area contributed by atoms with Crippen LogP contribution in [0.1, 0.15) is 0 Å². The van der Waals surface area contributed by atoms with E-state index in [-0.39, 0.29) is 6.54 Å². The molecule has 2 aromatic rings. The highest BCUT2D eigenvalue weighted by atomic mass is 16.6. The Labute approximate surface area is 105 Å². The van der Waals surface area contributed by atoms with E-state index in [1.165, 1.54) is 11.9 Å². The molecule has 0 aliphatic carbocycles. The minimum absolute atomic E-state index is 0.00357. The third-order valence-corrected chi connectivity index (χ3v) is 2.57. The zero-order chi connectivity index (χ0) is 13.0. The lowest BCUT2D eigenvalue weighted by molar-refractivity contribution is 0.168. The summed E-state index contributed by atoms with van der Waals surface area (Å²) < 4.78 is 5.28. The molecule has 0 fully saturated rings. The van der Waals surface area contributed by atoms with Crippen LogP contribution < -0.4 is 4.74 Å². The lowest BCUT2D eigenvalue weighted by atomic mass is 10.1. The van der Waals surface area contributed by atoms with Gasteiger partial charge in [-0.25, -0.2) is 4.79 Å². The van der Waals surface area contributed by atoms with Gasteiger partial charge in [0.15, 0.2) is 0 Å². The monoisotopic (exact) mass is 240 g/mol. The summed E-state index contributed by atoms with van der Waals surface area (Å²) in [6.45, 7) is 0.00357. The largest absolute Gasteiger partial charge is 0.415 e. The number of hydrogen-bond donors (Lipinski definition) is 0. The van der Waals surface area contributed by atoms with Crippen LogP contribution in [0, 0.1) is 11.3 Å². The predicted octanol–water partition coefficient (Wildman–Crippen LogP) is 2.79. The van der Waals surface area contributed by atoms with Gasteiger partial charge < -0.3 is 4.74 Å². The molecule has 2 rings (SSSR count). The molecule has 0 atom stereocenters. The van der Waals surface area contributed by atoms with Gasteiger partial charge in [0.25, 0.3) is 0 Å². The Morgan fingerprint density at radius 1 is 1.28 bits per heavy atom. The molecule has 18 heavy (non-hydrogen) atoms. The summed E-state index contributed by atoms with van der Waals surface area (Å²) in [5.74, 6) is 0.503. The molecule has 0 unspecified atom stereocenters. The quantitative estimate of drug-likeness (QED) is 0.758. The van der Waals surface area contributed by atoms with Crippen molar-refractivity contribution in [3.63, 3.8) is 0 Å². The predicted molar refractivity (Wildman–Crippen MR) is 68.2 cm³/mol. The second-order valence-electron chi connectivity index (χ2n) is 3.86. The first-order valence-electron chi connectivity index (χ1n) is 5.50. The molecule has 2 aromatic carbocycles. The number of fused-ring (bicyclic) bond motifs is 1. The van der Waals surface area contributed by atoms with E-state index in [9.17, 15) is 4.79 Å². The van der Waals surface area contributed by atoms with Gasteiger partial charge >= 0.3 is 6.09 Å². The number of carbonyl (C=O) groups is 1. The standard InChI is InChI=1S/C14H12N2O2/c1-16(10-9-15)14(17)18-13-8-4-6-11-5-2-3-7-12(11)13/h2-8H,10H2,1H3. The van der Waals surface area contributed by atoms with E-state index in [2.05, 4.69) is 0 Å². The zero-order valence-electron chi connectivity index (χ0n) is 9.96. The van der Waals surface area contributed by atoms with Crippen LogP contribution in [0.4, 0.5) is 4.79 Å². The van der Waals surface area contributed by atoms with Crippen LogP contribution in [0.5, 0.6) is 5.75 Å². The van der Waals surface area contributed by atoms with Crippen molar-refractivity contribution in [1.82, 2.24) is 4.90 Å². The number of ether oxygens (including phenoxy) is 1. The van der Waals surface area contributed by atoms with Gasteiger partial charge in [-0.3, -0.25) is 4.90 Å². The van der Waals surface area contributed by atoms with E-state index < -0.39 is 6.09 Å². The van der Waals surface area contributed by atoms with Crippen molar-refractivity contribution >= 4 is 16.9 Å². The first-order chi connectivity index (χ1) is 8.72. The van der Waals surface area contributed by atoms with Gasteiger partial charge in [0.1, 0.15) is 12.3 Å². The Morgan fingerprint density at radius 3 is 2.78 bits per heavy atom. The molecule has 0 N–H and O–H groups in total. The second kappa shape index (κ2) is 5.19. The van der Waals surface area contributed by atoms with Crippen LogP contribution in [-0.4, -0.2) is 24.6 Å². The molecule has 1 amide bonds. The molecule has 0 bridgehead atoms. The van der Waals surface area contributed by atoms with Crippen molar-refractivity contribution in [2.24, 2.45) is 0 Å². The number of benzene rings is 2. The van der Waals surface area contributed by atoms with Crippen molar-refractivity contribution in [1.29, 1.82) is 5.26 Å². The molecule has 4 heteroatoms. The molecule has 0 heterocycles. The molecule has 0 aliphatic heterocycles. The van der Waals surface area contributed by atoms with Crippen LogP contribution in [0.15, 0.2) is 42.5 Å². The van der Waals surface area contributed by atoms with Crippen molar-refractivity contribution < 1.29 is 9.53 Å². The molecule has 0 saturated heterocycles. The number of nitriles is 1. The van der Waals surface area contributed by atoms with E-state index >= 15 is 0 Å². The minimum atomic E-state index is -0.534. The fourth-order valence-electron chi connectivity index (χ4n) is 1.63. The van der Waals surface area contributed by atoms with E-state index in [4.69, 9.17) is 10.00 Å². The molecule has 90 valence electrons. The summed E-state index contributed by atoms with van der Waals surface area (Å²) in [5, 5.41) is 10.4. The molecule has 0 spiro atoms. The maximum Gasteiger partial charge on any atom is 0.415 e. The third-order valence-electron chi connectivity index (χ3n) is 2.57. The topological polar surface area (TPSA) is 53.3 Å². The molecular weight excluding hydrogens is 228 g/mol. The third kappa shape index (κ3) is 2.41. The van der Waals surface area contributed by atoms with E-state index in [1.54, 1.807) is 6.07 Å². The Bertz CT molecular complexity index is 611. The van der Waals surface area contributed by atoms with Crippen LogP contribution >= 0.6 is 0 Å². The zero-order valence-corrected chi connectivity index (χ0v) is 9.96. The maximum atomic E-state index is 11.7. The van der Waals surface area contributed by atoms with Gasteiger partial charge in [-0.1, -0.05) is 36.4 Å². The summed E-state index contributed by atoms with van der Waals surface area (Å²) in [4.78, 5) is 12.9. The van der Waals surface area contributed by atoms with Crippen molar-refractivity contribution in [2.75, 3.05) is 13.6 Å². The van der Waals surface area contributed by atoms with Gasteiger partial charge in [0.05, 0.1) is 6.07 Å². The fraction of sp³-hybridized carbons (Fsp3) is 0.143. The molecule has 0 aliphatic rings. The average Bonchev–Trinajstić information content (AvgIpc) is 2.39. The normalized spacial score (nSPS) is 9.78. The number of rotatable bonds is 2. The molecule has 0 radical (unpaired) electrons. The number of carbonyl (C=O) groups excluding carboxylic acids is 1. The summed E-state index contributed by atoms with van der Waals surface area (Å²) in [7, 11) is 1.52. The Morgan fingerprint density at radius 2 is 2.00 bits per heavy atom. The molecule has 0 saturated carbocycles. The highest BCUT2D eigenvalue weighted by Gasteiger charge is 2.12. The highest BCUT2D eigenvalue weighted by Crippen LogP contribution is 2.25. The van der Waals surface area contributed by atoms with Gasteiger partial charge in [-0.15, -0.1) is 0 Å². The molecule has 0 aromatic heterocycles. The van der Waals surface area contributed by atoms with Crippen LogP contribution in [0.3, 0.4) is 0 Å². The Kier molecular flexibility index (Phi) is 3.44. The Balaban J connectivity index is 2.27. The summed E-state index contributed by atoms with van der Waals surface area (Å²) >= 11 is 0. The maximum absolute atomic E-state index is 11.7. The van der Waals surface area contributed by atoms with E-state index in [0.717, 1.165) is 10.8 Å². The first-order valence-corrected chi connectivity index (χ1v) is 5.50. The number of nitrogens with zero attached hydrogens (tertiary/aromatic N) is 2. The van der Waals surface area contributed by atoms with Crippen LogP contribution in [-0.2, 0) is 0 Å². The lowest BCUT2D eigenvalue weighted by Gasteiger charge is -2.14. The van der Waals surface area contributed by atoms with Gasteiger partial charge in [-0.2, -0.15) is 5.26 Å². The van der Waals surface area contributed by atoms with Crippen molar-refractivity contribution in [3.05, 3.63) is 42.5 Å². The lowest BCUT2D eigenvalue weighted by Crippen LogP contribution is -2.29. The van der Waals surface area contributed by atoms with Crippen LogP contribution in [0.25, 0.3) is 10.8 Å². The highest BCUT2D eigenvalue weighted by molar-refractivity contribution is 5.90. The van der Waals surface area contributed by atoms with Crippen molar-refractivity contribution in [3.8, 4) is 11.8 Å². The SMILES string of the molecule is CN(CC#N)C(=O)Oc1cccc2ccccc12. The van der Waals surface area contributed by atoms with E-state index in [0.29, 0.717) is 5.75 Å². The second-order valence-corrected chi connectivity index (χ2v) is 3.86. The summed E-state index contributed by atoms with van der Waals surface area (Å²) in [6.07, 6.45) is -0.534. The van der Waals surface area contributed by atoms with Crippen molar-refractivity contribution in [2.45, 2.75) is 0 Å². The average molecular weight is 240 g/mol. The number of hydrogen-bond acceptors (Lipinski definition) is 3. The summed E-state index contributed by atoms with van der Waals surface area (Å²) in [6, 6.07) is 15.1. The smallest absolute Gasteiger partial charge is 0.410 e. The van der Waals surface area contributed by atoms with E-state index in [1.807, 2.05) is 42.5 Å². The summed E-state index contributed by atoms with van der Waals surface area (Å²) in [5.41, 5.74) is 0. The van der Waals surface area contributed by atoms with Gasteiger partial charge in [0.2, 0.25) is 0 Å².